The fraction of sp³-hybridized carbons (Fsp3) is 0.579. The van der Waals surface area contributed by atoms with Crippen molar-refractivity contribution in [3.63, 3.8) is 0 Å². The smallest absolute Gasteiger partial charge is 0.417 e. The van der Waals surface area contributed by atoms with Crippen molar-refractivity contribution in [2.45, 2.75) is 31.8 Å². The van der Waals surface area contributed by atoms with E-state index >= 15 is 0 Å². The molecule has 1 aliphatic heterocycles. The lowest BCUT2D eigenvalue weighted by molar-refractivity contribution is -0.167. The van der Waals surface area contributed by atoms with Crippen molar-refractivity contribution < 1.29 is 33.3 Å². The van der Waals surface area contributed by atoms with Gasteiger partial charge in [0.05, 0.1) is 7.11 Å². The Kier molecular flexibility index (Phi) is 8.47. The second-order valence-electron chi connectivity index (χ2n) is 6.45. The Labute approximate surface area is 158 Å². The van der Waals surface area contributed by atoms with Crippen molar-refractivity contribution in [1.82, 2.24) is 4.90 Å². The highest BCUT2D eigenvalue weighted by Gasteiger charge is 2.27. The molecule has 2 rings (SSSR count). The molecule has 1 unspecified atom stereocenters. The van der Waals surface area contributed by atoms with E-state index in [1.807, 2.05) is 0 Å². The van der Waals surface area contributed by atoms with E-state index in [9.17, 15) is 14.0 Å². The number of rotatable bonds is 10. The first-order valence-electron chi connectivity index (χ1n) is 9.06. The number of carbonyl (C=O) groups excluding carboxylic acids is 1. The molecule has 0 amide bonds. The van der Waals surface area contributed by atoms with Gasteiger partial charge in [-0.3, -0.25) is 4.90 Å². The summed E-state index contributed by atoms with van der Waals surface area (Å²) in [6.45, 7) is 3.38. The average molecular weight is 383 g/mol. The van der Waals surface area contributed by atoms with Crippen LogP contribution in [-0.2, 0) is 25.5 Å². The molecule has 1 fully saturated rings. The van der Waals surface area contributed by atoms with Gasteiger partial charge < -0.3 is 19.3 Å². The Morgan fingerprint density at radius 2 is 2.07 bits per heavy atom. The zero-order valence-electron chi connectivity index (χ0n) is 15.5. The molecule has 0 saturated carbocycles. The molecule has 8 heteroatoms. The van der Waals surface area contributed by atoms with Crippen LogP contribution >= 0.6 is 0 Å². The maximum absolute atomic E-state index is 13.2. The van der Waals surface area contributed by atoms with Crippen molar-refractivity contribution in [2.24, 2.45) is 0 Å². The third kappa shape index (κ3) is 7.15. The maximum atomic E-state index is 13.2. The quantitative estimate of drug-likeness (QED) is 0.375. The van der Waals surface area contributed by atoms with Gasteiger partial charge >= 0.3 is 11.9 Å². The molecule has 0 radical (unpaired) electrons. The van der Waals surface area contributed by atoms with Gasteiger partial charge in [-0.1, -0.05) is 6.07 Å². The monoisotopic (exact) mass is 383 g/mol. The predicted octanol–water partition coefficient (Wildman–Crippen LogP) is 1.88. The number of aryl methyl sites for hydroxylation is 1. The molecular formula is C19H26FNO6. The van der Waals surface area contributed by atoms with E-state index < -0.39 is 11.9 Å². The summed E-state index contributed by atoms with van der Waals surface area (Å²) in [6.07, 6.45) is 2.73. The minimum absolute atomic E-state index is 0.311. The molecule has 0 spiro atoms. The molecule has 0 aromatic heterocycles. The summed E-state index contributed by atoms with van der Waals surface area (Å²) in [6, 6.07) is 4.54. The molecule has 1 saturated heterocycles. The topological polar surface area (TPSA) is 85.3 Å². The molecule has 1 N–H and O–H groups in total. The summed E-state index contributed by atoms with van der Waals surface area (Å²) in [5.74, 6) is -2.50. The zero-order valence-corrected chi connectivity index (χ0v) is 15.5. The highest BCUT2D eigenvalue weighted by molar-refractivity contribution is 6.28. The number of aliphatic carboxylic acids is 1. The summed E-state index contributed by atoms with van der Waals surface area (Å²) in [5.41, 5.74) is 0.960. The number of carbonyl (C=O) groups is 2. The number of esters is 1. The highest BCUT2D eigenvalue weighted by atomic mass is 19.1. The van der Waals surface area contributed by atoms with Crippen LogP contribution in [0.25, 0.3) is 0 Å². The van der Waals surface area contributed by atoms with E-state index in [0.29, 0.717) is 31.9 Å². The summed E-state index contributed by atoms with van der Waals surface area (Å²) < 4.78 is 28.8. The largest absolute Gasteiger partial charge is 0.496 e. The van der Waals surface area contributed by atoms with Gasteiger partial charge in [0.25, 0.3) is 0 Å². The molecule has 0 bridgehead atoms. The van der Waals surface area contributed by atoms with Gasteiger partial charge in [0.1, 0.15) is 17.7 Å². The fourth-order valence-electron chi connectivity index (χ4n) is 3.08. The number of benzene rings is 1. The maximum Gasteiger partial charge on any atom is 0.417 e. The Morgan fingerprint density at radius 3 is 2.81 bits per heavy atom. The van der Waals surface area contributed by atoms with Gasteiger partial charge in [-0.15, -0.1) is 0 Å². The molecule has 27 heavy (non-hydrogen) atoms. The minimum atomic E-state index is -1.56. The van der Waals surface area contributed by atoms with Crippen LogP contribution < -0.4 is 4.74 Å². The zero-order chi connectivity index (χ0) is 19.6. The Morgan fingerprint density at radius 1 is 1.30 bits per heavy atom. The van der Waals surface area contributed by atoms with Gasteiger partial charge in [-0.25, -0.2) is 14.0 Å². The second-order valence-corrected chi connectivity index (χ2v) is 6.45. The number of methoxy groups -OCH3 is 1. The third-order valence-electron chi connectivity index (χ3n) is 4.42. The molecule has 1 aliphatic rings. The number of carboxylic acids is 1. The molecule has 7 nitrogen and oxygen atoms in total. The first kappa shape index (κ1) is 21.1. The van der Waals surface area contributed by atoms with Crippen LogP contribution in [0.4, 0.5) is 4.39 Å². The lowest BCUT2D eigenvalue weighted by Crippen LogP contribution is -2.28. The third-order valence-corrected chi connectivity index (χ3v) is 4.42. The van der Waals surface area contributed by atoms with Crippen molar-refractivity contribution >= 4 is 11.9 Å². The molecule has 1 heterocycles. The lowest BCUT2D eigenvalue weighted by Gasteiger charge is -2.15. The standard InChI is InChI=1S/C19H26FNO6/c1-25-17-12-15(20)6-5-14(17)4-2-10-26-11-3-8-21-9-7-16(13-21)27-19(24)18(22)23/h5-6,12,16H,2-4,7-11,13H2,1H3,(H,22,23). The number of halogens is 1. The van der Waals surface area contributed by atoms with Crippen LogP contribution in [0.2, 0.25) is 0 Å². The van der Waals surface area contributed by atoms with Gasteiger partial charge in [0, 0.05) is 38.9 Å². The van der Waals surface area contributed by atoms with Crippen molar-refractivity contribution in [3.05, 3.63) is 29.6 Å². The Hall–Kier alpha value is -2.19. The number of hydrogen-bond acceptors (Lipinski definition) is 6. The fourth-order valence-corrected chi connectivity index (χ4v) is 3.08. The average Bonchev–Trinajstić information content (AvgIpc) is 3.08. The van der Waals surface area contributed by atoms with Gasteiger partial charge in [-0.2, -0.15) is 0 Å². The first-order chi connectivity index (χ1) is 13.0. The number of carboxylic acid groups (broad SMARTS) is 1. The summed E-state index contributed by atoms with van der Waals surface area (Å²) >= 11 is 0. The van der Waals surface area contributed by atoms with E-state index in [1.54, 1.807) is 6.07 Å². The molecule has 1 aromatic rings. The van der Waals surface area contributed by atoms with Gasteiger partial charge in [-0.05, 0) is 37.3 Å². The van der Waals surface area contributed by atoms with Crippen LogP contribution in [0.3, 0.4) is 0 Å². The van der Waals surface area contributed by atoms with Crippen molar-refractivity contribution in [3.8, 4) is 5.75 Å². The summed E-state index contributed by atoms with van der Waals surface area (Å²) in [4.78, 5) is 23.6. The number of hydrogen-bond donors (Lipinski definition) is 1. The van der Waals surface area contributed by atoms with E-state index in [-0.39, 0.29) is 11.9 Å². The molecule has 0 aliphatic carbocycles. The summed E-state index contributed by atoms with van der Waals surface area (Å²) in [5, 5.41) is 8.54. The molecule has 150 valence electrons. The number of ether oxygens (including phenoxy) is 3. The van der Waals surface area contributed by atoms with Crippen LogP contribution in [-0.4, -0.2) is 68.0 Å². The Bertz CT molecular complexity index is 639. The van der Waals surface area contributed by atoms with Crippen molar-refractivity contribution in [2.75, 3.05) is 40.0 Å². The molecular weight excluding hydrogens is 357 g/mol. The number of nitrogens with zero attached hydrogens (tertiary/aromatic N) is 1. The van der Waals surface area contributed by atoms with Crippen LogP contribution in [0, 0.1) is 5.82 Å². The van der Waals surface area contributed by atoms with E-state index in [2.05, 4.69) is 4.90 Å². The van der Waals surface area contributed by atoms with Crippen molar-refractivity contribution in [1.29, 1.82) is 0 Å². The predicted molar refractivity (Wildman–Crippen MR) is 95.3 cm³/mol. The Balaban J connectivity index is 1.53. The van der Waals surface area contributed by atoms with Gasteiger partial charge in [0.2, 0.25) is 0 Å². The summed E-state index contributed by atoms with van der Waals surface area (Å²) in [7, 11) is 1.53. The minimum Gasteiger partial charge on any atom is -0.496 e. The highest BCUT2D eigenvalue weighted by Crippen LogP contribution is 2.21. The number of likely N-dealkylation sites (tertiary alicyclic amines) is 1. The molecule has 1 aromatic carbocycles. The van der Waals surface area contributed by atoms with E-state index in [4.69, 9.17) is 19.3 Å². The van der Waals surface area contributed by atoms with E-state index in [1.165, 1.54) is 19.2 Å². The second kappa shape index (κ2) is 10.8. The van der Waals surface area contributed by atoms with Gasteiger partial charge in [0.15, 0.2) is 0 Å². The van der Waals surface area contributed by atoms with Crippen LogP contribution in [0.15, 0.2) is 18.2 Å². The van der Waals surface area contributed by atoms with Crippen LogP contribution in [0.1, 0.15) is 24.8 Å². The lowest BCUT2D eigenvalue weighted by atomic mass is 10.1. The molecule has 1 atom stereocenters. The van der Waals surface area contributed by atoms with Crippen LogP contribution in [0.5, 0.6) is 5.75 Å². The normalized spacial score (nSPS) is 17.0. The first-order valence-corrected chi connectivity index (χ1v) is 9.06. The van der Waals surface area contributed by atoms with E-state index in [0.717, 1.165) is 37.9 Å². The SMILES string of the molecule is COc1cc(F)ccc1CCCOCCCN1CCC(OC(=O)C(=O)O)C1.